The van der Waals surface area contributed by atoms with E-state index >= 15 is 0 Å². The van der Waals surface area contributed by atoms with Gasteiger partial charge in [-0.25, -0.2) is 10.5 Å². The first-order chi connectivity index (χ1) is 16.1. The molecule has 2 aromatic heterocycles. The highest BCUT2D eigenvalue weighted by Gasteiger charge is 2.23. The van der Waals surface area contributed by atoms with Gasteiger partial charge in [-0.15, -0.1) is 0 Å². The van der Waals surface area contributed by atoms with Crippen molar-refractivity contribution in [2.45, 2.75) is 19.3 Å². The van der Waals surface area contributed by atoms with Gasteiger partial charge in [0.25, 0.3) is 0 Å². The minimum absolute atomic E-state index is 0.335. The molecule has 2 saturated heterocycles. The lowest BCUT2D eigenvalue weighted by Crippen LogP contribution is -2.47. The molecule has 2 aromatic rings. The summed E-state index contributed by atoms with van der Waals surface area (Å²) >= 11 is 0. The molecule has 0 aromatic carbocycles. The van der Waals surface area contributed by atoms with E-state index in [1.54, 1.807) is 17.7 Å². The van der Waals surface area contributed by atoms with Gasteiger partial charge in [0.15, 0.2) is 5.82 Å². The number of nitrogens with zero attached hydrogens (tertiary/aromatic N) is 7. The van der Waals surface area contributed by atoms with E-state index in [1.807, 2.05) is 6.07 Å². The van der Waals surface area contributed by atoms with Gasteiger partial charge in [-0.1, -0.05) is 0 Å². The highest BCUT2D eigenvalue weighted by molar-refractivity contribution is 5.74. The number of pyridine rings is 1. The summed E-state index contributed by atoms with van der Waals surface area (Å²) in [6.45, 7) is 7.11. The van der Waals surface area contributed by atoms with E-state index in [0.717, 1.165) is 64.2 Å². The predicted molar refractivity (Wildman–Crippen MR) is 123 cm³/mol. The molecule has 2 aliphatic rings. The third-order valence-electron chi connectivity index (χ3n) is 5.86. The normalized spacial score (nSPS) is 17.2. The first-order valence-corrected chi connectivity index (χ1v) is 11.3. The second kappa shape index (κ2) is 11.2. The van der Waals surface area contributed by atoms with Crippen LogP contribution in [0.4, 0.5) is 17.7 Å². The molecular formula is C21H31N9O3. The standard InChI is InChI=1S/C21H31N9O3/c22-17-5-4-16(15-23-17)19-24-20(26-21(25-19)30-11-13-33-14-12-30)29-9-7-28(8-10-29)6-2-1-3-18(31)27-32/h4-5,15,32H,1-3,6-14H2,(H2,22,23)(H,27,31). The Balaban J connectivity index is 1.43. The molecular weight excluding hydrogens is 426 g/mol. The zero-order chi connectivity index (χ0) is 23.0. The molecule has 4 rings (SSSR count). The number of morpholine rings is 1. The van der Waals surface area contributed by atoms with E-state index in [4.69, 9.17) is 30.6 Å². The van der Waals surface area contributed by atoms with Crippen molar-refractivity contribution >= 4 is 23.6 Å². The van der Waals surface area contributed by atoms with E-state index < -0.39 is 0 Å². The Morgan fingerprint density at radius 2 is 1.70 bits per heavy atom. The Labute approximate surface area is 192 Å². The number of unbranched alkanes of at least 4 members (excludes halogenated alkanes) is 1. The van der Waals surface area contributed by atoms with Crippen LogP contribution in [0.3, 0.4) is 0 Å². The minimum atomic E-state index is -0.335. The van der Waals surface area contributed by atoms with E-state index in [1.165, 1.54) is 0 Å². The fourth-order valence-electron chi connectivity index (χ4n) is 3.92. The molecule has 178 valence electrons. The summed E-state index contributed by atoms with van der Waals surface area (Å²) in [6.07, 6.45) is 3.69. The van der Waals surface area contributed by atoms with Gasteiger partial charge in [-0.2, -0.15) is 15.0 Å². The number of anilines is 3. The van der Waals surface area contributed by atoms with Gasteiger partial charge in [0, 0.05) is 57.4 Å². The van der Waals surface area contributed by atoms with Gasteiger partial charge in [0.05, 0.1) is 13.2 Å². The fourth-order valence-corrected chi connectivity index (χ4v) is 3.92. The number of hydrogen-bond acceptors (Lipinski definition) is 11. The van der Waals surface area contributed by atoms with E-state index in [9.17, 15) is 4.79 Å². The zero-order valence-electron chi connectivity index (χ0n) is 18.7. The predicted octanol–water partition coefficient (Wildman–Crippen LogP) is 0.150. The molecule has 0 spiro atoms. The van der Waals surface area contributed by atoms with Gasteiger partial charge >= 0.3 is 0 Å². The first kappa shape index (κ1) is 23.1. The molecule has 0 bridgehead atoms. The van der Waals surface area contributed by atoms with E-state index in [2.05, 4.69) is 19.7 Å². The summed E-state index contributed by atoms with van der Waals surface area (Å²) in [5.74, 6) is 2.02. The van der Waals surface area contributed by atoms with Crippen LogP contribution in [0.15, 0.2) is 18.3 Å². The molecule has 0 radical (unpaired) electrons. The summed E-state index contributed by atoms with van der Waals surface area (Å²) < 4.78 is 5.48. The van der Waals surface area contributed by atoms with Gasteiger partial charge in [0.1, 0.15) is 5.82 Å². The van der Waals surface area contributed by atoms with Crippen LogP contribution < -0.4 is 21.0 Å². The van der Waals surface area contributed by atoms with Crippen molar-refractivity contribution in [2.24, 2.45) is 0 Å². The Morgan fingerprint density at radius 1 is 1.00 bits per heavy atom. The number of nitrogens with two attached hydrogens (primary N) is 1. The zero-order valence-corrected chi connectivity index (χ0v) is 18.7. The van der Waals surface area contributed by atoms with Crippen molar-refractivity contribution in [3.05, 3.63) is 18.3 Å². The molecule has 4 N–H and O–H groups in total. The summed E-state index contributed by atoms with van der Waals surface area (Å²) in [4.78, 5) is 36.3. The van der Waals surface area contributed by atoms with Gasteiger partial charge < -0.3 is 20.3 Å². The average Bonchev–Trinajstić information content (AvgIpc) is 2.87. The van der Waals surface area contributed by atoms with Crippen LogP contribution in [0.2, 0.25) is 0 Å². The van der Waals surface area contributed by atoms with E-state index in [0.29, 0.717) is 43.2 Å². The second-order valence-electron chi connectivity index (χ2n) is 8.15. The number of piperazine rings is 1. The lowest BCUT2D eigenvalue weighted by molar-refractivity contribution is -0.129. The van der Waals surface area contributed by atoms with Crippen LogP contribution in [0.25, 0.3) is 11.4 Å². The summed E-state index contributed by atoms with van der Waals surface area (Å²) in [5.41, 5.74) is 8.22. The molecule has 0 aliphatic carbocycles. The van der Waals surface area contributed by atoms with Crippen LogP contribution in [0.1, 0.15) is 19.3 Å². The summed E-state index contributed by atoms with van der Waals surface area (Å²) in [5, 5.41) is 8.58. The maximum Gasteiger partial charge on any atom is 0.243 e. The molecule has 2 fully saturated rings. The van der Waals surface area contributed by atoms with Crippen LogP contribution in [0, 0.1) is 0 Å². The quantitative estimate of drug-likeness (QED) is 0.283. The summed E-state index contributed by atoms with van der Waals surface area (Å²) in [6, 6.07) is 3.62. The number of amides is 1. The van der Waals surface area contributed by atoms with Crippen molar-refractivity contribution in [2.75, 3.05) is 74.6 Å². The number of ether oxygens (including phenoxy) is 1. The highest BCUT2D eigenvalue weighted by atomic mass is 16.5. The number of aromatic nitrogens is 4. The molecule has 4 heterocycles. The SMILES string of the molecule is Nc1ccc(-c2nc(N3CCOCC3)nc(N3CCN(CCCCC(=O)NO)CC3)n2)cn1. The van der Waals surface area contributed by atoms with E-state index in [-0.39, 0.29) is 5.91 Å². The Bertz CT molecular complexity index is 914. The molecule has 12 nitrogen and oxygen atoms in total. The fraction of sp³-hybridized carbons (Fsp3) is 0.571. The van der Waals surface area contributed by atoms with Gasteiger partial charge in [-0.3, -0.25) is 14.9 Å². The van der Waals surface area contributed by atoms with Crippen molar-refractivity contribution in [1.82, 2.24) is 30.3 Å². The van der Waals surface area contributed by atoms with Crippen molar-refractivity contribution in [3.8, 4) is 11.4 Å². The molecule has 33 heavy (non-hydrogen) atoms. The van der Waals surface area contributed by atoms with Crippen molar-refractivity contribution in [3.63, 3.8) is 0 Å². The molecule has 12 heteroatoms. The number of hydroxylamine groups is 1. The van der Waals surface area contributed by atoms with Crippen molar-refractivity contribution < 1.29 is 14.7 Å². The number of nitrogen functional groups attached to an aromatic ring is 1. The monoisotopic (exact) mass is 457 g/mol. The number of carbonyl (C=O) groups excluding carboxylic acids is 1. The molecule has 1 amide bonds. The average molecular weight is 458 g/mol. The second-order valence-corrected chi connectivity index (χ2v) is 8.15. The minimum Gasteiger partial charge on any atom is -0.384 e. The van der Waals surface area contributed by atoms with Crippen LogP contribution >= 0.6 is 0 Å². The third-order valence-corrected chi connectivity index (χ3v) is 5.86. The van der Waals surface area contributed by atoms with Gasteiger partial charge in [0.2, 0.25) is 17.8 Å². The Kier molecular flexibility index (Phi) is 7.81. The molecule has 0 saturated carbocycles. The smallest absolute Gasteiger partial charge is 0.243 e. The van der Waals surface area contributed by atoms with Crippen molar-refractivity contribution in [1.29, 1.82) is 0 Å². The number of carbonyl (C=O) groups is 1. The third kappa shape index (κ3) is 6.24. The molecule has 0 unspecified atom stereocenters. The highest BCUT2D eigenvalue weighted by Crippen LogP contribution is 2.23. The molecule has 0 atom stereocenters. The topological polar surface area (TPSA) is 146 Å². The maximum atomic E-state index is 11.1. The number of nitrogens with one attached hydrogen (secondary N) is 1. The first-order valence-electron chi connectivity index (χ1n) is 11.3. The largest absolute Gasteiger partial charge is 0.384 e. The maximum absolute atomic E-state index is 11.1. The number of rotatable bonds is 8. The number of hydrogen-bond donors (Lipinski definition) is 3. The van der Waals surface area contributed by atoms with Gasteiger partial charge in [-0.05, 0) is 31.5 Å². The Hall–Kier alpha value is -3.09. The van der Waals surface area contributed by atoms with Crippen LogP contribution in [0.5, 0.6) is 0 Å². The lowest BCUT2D eigenvalue weighted by atomic mass is 10.2. The van der Waals surface area contributed by atoms with Crippen LogP contribution in [-0.4, -0.2) is 95.0 Å². The lowest BCUT2D eigenvalue weighted by Gasteiger charge is -2.35. The van der Waals surface area contributed by atoms with Crippen LogP contribution in [-0.2, 0) is 9.53 Å². The molecule has 2 aliphatic heterocycles. The Morgan fingerprint density at radius 3 is 2.33 bits per heavy atom. The summed E-state index contributed by atoms with van der Waals surface area (Å²) in [7, 11) is 0.